The fourth-order valence-electron chi connectivity index (χ4n) is 11.4. The Morgan fingerprint density at radius 3 is 1.30 bits per heavy atom. The van der Waals surface area contributed by atoms with Gasteiger partial charge in [0.15, 0.2) is 64.9 Å². The van der Waals surface area contributed by atoms with E-state index in [1.165, 1.54) is 47.5 Å². The van der Waals surface area contributed by atoms with Crippen molar-refractivity contribution < 1.29 is 43.4 Å². The number of nitrogens with one attached hydrogen (secondary N) is 4. The maximum Gasteiger partial charge on any atom is 0.488 e. The van der Waals surface area contributed by atoms with Crippen molar-refractivity contribution in [3.63, 3.8) is 0 Å². The van der Waals surface area contributed by atoms with Gasteiger partial charge in [-0.1, -0.05) is 39.3 Å². The number of fused-ring (bicyclic) bond motifs is 6. The molecule has 0 saturated heterocycles. The number of aromatic amines is 1. The number of hydrogen-bond acceptors (Lipinski definition) is 27. The number of imidazole rings is 3. The molecule has 0 aliphatic heterocycles. The zero-order valence-electron chi connectivity index (χ0n) is 66.2. The molecule has 3 saturated carbocycles. The minimum atomic E-state index is -1.65. The van der Waals surface area contributed by atoms with Crippen LogP contribution in [0.1, 0.15) is 38.5 Å². The Labute approximate surface area is 718 Å². The summed E-state index contributed by atoms with van der Waals surface area (Å²) in [6.45, 7) is 36.8. The number of rotatable bonds is 27. The quantitative estimate of drug-likeness (QED) is 0.0120. The third kappa shape index (κ3) is 21.7. The number of amides is 3. The van der Waals surface area contributed by atoms with E-state index in [4.69, 9.17) is 48.7 Å². The van der Waals surface area contributed by atoms with Gasteiger partial charge in [-0.05, 0) is 221 Å². The van der Waals surface area contributed by atoms with Gasteiger partial charge in [-0.25, -0.2) is 53.0 Å². The van der Waals surface area contributed by atoms with Gasteiger partial charge in [0.1, 0.15) is 15.1 Å². The third-order valence-electron chi connectivity index (χ3n) is 18.6. The lowest BCUT2D eigenvalue weighted by Crippen LogP contribution is -2.30. The number of aromatic nitrogens is 21. The van der Waals surface area contributed by atoms with E-state index in [2.05, 4.69) is 161 Å². The lowest BCUT2D eigenvalue weighted by molar-refractivity contribution is -0.118. The van der Waals surface area contributed by atoms with E-state index in [9.17, 15) is 19.2 Å². The van der Waals surface area contributed by atoms with E-state index < -0.39 is 28.8 Å². The predicted octanol–water partition coefficient (Wildman–Crippen LogP) is 12.8. The second-order valence-electron chi connectivity index (χ2n) is 30.6. The Balaban J connectivity index is 0.000000131. The largest absolute Gasteiger partial charge is 0.488 e. The van der Waals surface area contributed by atoms with Crippen molar-refractivity contribution in [3.05, 3.63) is 196 Å². The molecule has 618 valence electrons. The van der Waals surface area contributed by atoms with Crippen LogP contribution >= 0.6 is 51.2 Å². The third-order valence-corrected chi connectivity index (χ3v) is 25.1. The topological polar surface area (TPSA) is 418 Å². The molecule has 44 heteroatoms. The summed E-state index contributed by atoms with van der Waals surface area (Å²) < 4.78 is 33.3. The Kier molecular flexibility index (Phi) is 25.7. The number of halogens is 1. The van der Waals surface area contributed by atoms with Crippen LogP contribution in [0.3, 0.4) is 0 Å². The highest BCUT2D eigenvalue weighted by Crippen LogP contribution is 2.37. The summed E-state index contributed by atoms with van der Waals surface area (Å²) in [4.78, 5) is 81.9. The van der Waals surface area contributed by atoms with E-state index in [0.717, 1.165) is 87.6 Å². The SMILES string of the molecule is O=C(Nc1cn2nc(Sc3nnc4ccc(Br)cn34)ccc2n1)C1CC1.[C-]#[N+]c1cc(-c2ccc3nnc(Sc4ccc5nc(NC(=O)C6CC6)cn5n4)n3c2)c[nH]c1=O.[C-]#[N+]c1cc(-c2ccc3nnc(Sc4ccc5nc(NC(=O)C6CC6)cn5n4)n3c2)cnc1OCOCC[Si](C)(C)C.[C-]#[N+]c1cc(B(O)O)cnc1OCOCC[Si](C)(C)C. The smallest absolute Gasteiger partial charge is 0.459 e. The summed E-state index contributed by atoms with van der Waals surface area (Å²) in [5, 5.41) is 69.8. The molecule has 3 amide bonds. The lowest BCUT2D eigenvalue weighted by Gasteiger charge is -2.15. The number of anilines is 3. The van der Waals surface area contributed by atoms with Gasteiger partial charge < -0.3 is 49.9 Å². The van der Waals surface area contributed by atoms with E-state index in [0.29, 0.717) is 90.5 Å². The first kappa shape index (κ1) is 84.3. The maximum absolute atomic E-state index is 12.1. The molecule has 37 nitrogen and oxygen atoms in total. The molecule has 0 atom stereocenters. The molecule has 15 aromatic heterocycles. The van der Waals surface area contributed by atoms with Crippen LogP contribution in [0.25, 0.3) is 70.7 Å². The van der Waals surface area contributed by atoms with Gasteiger partial charge >= 0.3 is 7.12 Å². The Hall–Kier alpha value is -12.7. The van der Waals surface area contributed by atoms with Crippen LogP contribution in [0, 0.1) is 37.5 Å². The Morgan fingerprint density at radius 2 is 0.885 bits per heavy atom. The van der Waals surface area contributed by atoms with Crippen molar-refractivity contribution in [2.45, 2.75) is 120 Å². The number of ether oxygens (including phenoxy) is 4. The summed E-state index contributed by atoms with van der Waals surface area (Å²) in [7, 11) is -3.96. The highest BCUT2D eigenvalue weighted by molar-refractivity contribution is 9.10. The molecule has 0 radical (unpaired) electrons. The van der Waals surface area contributed by atoms with Crippen LogP contribution in [0.2, 0.25) is 51.4 Å². The van der Waals surface area contributed by atoms with Crippen LogP contribution in [0.5, 0.6) is 11.8 Å². The molecule has 6 N–H and O–H groups in total. The molecule has 3 fully saturated rings. The van der Waals surface area contributed by atoms with Crippen LogP contribution in [0.4, 0.5) is 34.5 Å². The molecule has 18 rings (SSSR count). The van der Waals surface area contributed by atoms with E-state index in [-0.39, 0.29) is 77.7 Å². The normalized spacial score (nSPS) is 13.1. The predicted molar refractivity (Wildman–Crippen MR) is 463 cm³/mol. The van der Waals surface area contributed by atoms with E-state index >= 15 is 0 Å². The van der Waals surface area contributed by atoms with Gasteiger partial charge in [-0.3, -0.25) is 32.4 Å². The Morgan fingerprint density at radius 1 is 0.500 bits per heavy atom. The molecule has 122 heavy (non-hydrogen) atoms. The number of H-pyrrole nitrogens is 1. The monoisotopic (exact) mass is 1790 g/mol. The van der Waals surface area contributed by atoms with Crippen molar-refractivity contribution in [1.29, 1.82) is 0 Å². The molecular formula is C78H75BBrN27O10S3Si2. The summed E-state index contributed by atoms with van der Waals surface area (Å²) >= 11 is 7.54. The fourth-order valence-corrected chi connectivity index (χ4v) is 15.6. The lowest BCUT2D eigenvalue weighted by atomic mass is 9.81. The van der Waals surface area contributed by atoms with E-state index in [1.807, 2.05) is 105 Å². The number of carbonyl (C=O) groups excluding carboxylic acids is 3. The summed E-state index contributed by atoms with van der Waals surface area (Å²) in [6, 6.07) is 29.1. The molecule has 0 spiro atoms. The molecule has 3 aliphatic carbocycles. The van der Waals surface area contributed by atoms with Gasteiger partial charge in [0, 0.05) is 88.8 Å². The highest BCUT2D eigenvalue weighted by atomic mass is 79.9. The second kappa shape index (κ2) is 37.1. The minimum absolute atomic E-state index is 0.00137. The first-order valence-electron chi connectivity index (χ1n) is 38.2. The number of carbonyl (C=O) groups is 3. The number of nitrogens with zero attached hydrogens (tertiary/aromatic N) is 23. The first-order valence-corrected chi connectivity index (χ1v) is 48.9. The Bertz CT molecular complexity index is 6660. The zero-order valence-corrected chi connectivity index (χ0v) is 72.2. The van der Waals surface area contributed by atoms with Crippen molar-refractivity contribution >= 4 is 166 Å². The summed E-state index contributed by atoms with van der Waals surface area (Å²) in [5.74, 6) is 2.23. The van der Waals surface area contributed by atoms with Gasteiger partial charge in [-0.15, -0.1) is 30.6 Å². The van der Waals surface area contributed by atoms with Gasteiger partial charge in [0.2, 0.25) is 56.3 Å². The molecule has 3 aliphatic rings. The first-order chi connectivity index (χ1) is 58.8. The number of pyridine rings is 6. The van der Waals surface area contributed by atoms with Crippen LogP contribution in [-0.4, -0.2) is 180 Å². The standard InChI is InChI=1S/C28H29N9O3SSi.C22H15N9O2S.C16H12BrN7OS.C12H19BN2O4Si/c1-29-21-13-20(14-30-27(21)40-17-39-11-12-42(2,3)4)19-7-8-24-33-34-28(36(24)15-19)41-25-10-9-23-31-22(16-37(23)35-25)32-26(38)18-5-6-18;1-23-15-8-14(9-24-21(15)33)13-4-5-18-27-28-22(30(18)10-13)34-19-7-6-17-25-16(11-31(17)29-19)26-20(32)12-2-3-12;17-10-3-4-13-20-21-16(23(13)7-10)26-14-6-5-12-18-11(8-24(12)22-14)19-15(25)9-1-2-9;1-14-11-7-10(13(16)17)8-15-12(11)19-9-18-5-6-20(2,3)4/h7-10,13-16,18H,5-6,11-12,17H2,2-4H3,(H,32,38);4-12H,2-3H2,(H,24,33)(H,26,32);3-9H,1-2H2,(H,19,25);7-8,16-17H,5-6,9H2,2-4H3. The second-order valence-corrected chi connectivity index (χ2v) is 45.7. The van der Waals surface area contributed by atoms with E-state index in [1.54, 1.807) is 56.7 Å². The van der Waals surface area contributed by atoms with Crippen molar-refractivity contribution in [2.75, 3.05) is 42.8 Å². The van der Waals surface area contributed by atoms with Crippen molar-refractivity contribution in [3.8, 4) is 34.0 Å². The highest BCUT2D eigenvalue weighted by Gasteiger charge is 2.33. The van der Waals surface area contributed by atoms with Gasteiger partial charge in [0.05, 0.1) is 38.3 Å². The average Bonchev–Trinajstić information content (AvgIpc) is 1.59. The molecule has 15 aromatic rings. The van der Waals surface area contributed by atoms with Crippen LogP contribution < -0.4 is 36.4 Å². The van der Waals surface area contributed by atoms with Gasteiger partial charge in [-0.2, -0.15) is 15.3 Å². The minimum Gasteiger partial charge on any atom is -0.459 e. The molecular weight excluding hydrogens is 1720 g/mol. The summed E-state index contributed by atoms with van der Waals surface area (Å²) in [5.41, 5.74) is 7.32. The zero-order chi connectivity index (χ0) is 85.3. The number of hydrogen-bond donors (Lipinski definition) is 6. The van der Waals surface area contributed by atoms with Gasteiger partial charge in [0.25, 0.3) is 11.2 Å². The molecule has 0 bridgehead atoms. The van der Waals surface area contributed by atoms with Crippen LogP contribution in [-0.2, 0) is 23.9 Å². The molecule has 15 heterocycles. The fraction of sp³-hybridized carbons (Fsp3) is 0.269. The average molecular weight is 1790 g/mol. The van der Waals surface area contributed by atoms with Crippen molar-refractivity contribution in [2.24, 2.45) is 17.8 Å². The summed E-state index contributed by atoms with van der Waals surface area (Å²) in [6.07, 6.45) is 20.9. The maximum atomic E-state index is 12.1. The van der Waals surface area contributed by atoms with Crippen LogP contribution in [0.15, 0.2) is 187 Å². The molecule has 0 aromatic carbocycles. The molecule has 0 unspecified atom stereocenters. The van der Waals surface area contributed by atoms with Crippen molar-refractivity contribution in [1.82, 2.24) is 103 Å².